The molecule has 0 aliphatic rings. The molecule has 1 nitrogen and oxygen atoms in total. The Morgan fingerprint density at radius 2 is 1.89 bits per heavy atom. The van der Waals surface area contributed by atoms with E-state index in [9.17, 15) is 4.39 Å². The van der Waals surface area contributed by atoms with Crippen molar-refractivity contribution in [3.63, 3.8) is 0 Å². The van der Waals surface area contributed by atoms with Gasteiger partial charge in [-0.15, -0.1) is 0 Å². The first kappa shape index (κ1) is 13.5. The molecule has 0 amide bonds. The third-order valence-corrected chi connectivity index (χ3v) is 3.70. The summed E-state index contributed by atoms with van der Waals surface area (Å²) in [5, 5.41) is 0.606. The van der Waals surface area contributed by atoms with E-state index in [1.807, 2.05) is 19.1 Å². The minimum absolute atomic E-state index is 0.260. The van der Waals surface area contributed by atoms with E-state index in [0.717, 1.165) is 21.2 Å². The second-order valence-corrected chi connectivity index (χ2v) is 5.47. The Morgan fingerprint density at radius 1 is 1.17 bits per heavy atom. The molecule has 2 aromatic carbocycles. The van der Waals surface area contributed by atoms with Crippen LogP contribution in [-0.4, -0.2) is 0 Å². The van der Waals surface area contributed by atoms with E-state index < -0.39 is 0 Å². The van der Waals surface area contributed by atoms with Crippen molar-refractivity contribution in [1.29, 1.82) is 0 Å². The predicted octanol–water partition coefficient (Wildman–Crippen LogP) is 4.60. The third kappa shape index (κ3) is 2.74. The number of nitrogens with two attached hydrogens (primary N) is 1. The van der Waals surface area contributed by atoms with Crippen LogP contribution in [0.4, 0.5) is 4.39 Å². The van der Waals surface area contributed by atoms with Gasteiger partial charge in [-0.1, -0.05) is 33.6 Å². The van der Waals surface area contributed by atoms with Gasteiger partial charge in [-0.2, -0.15) is 0 Å². The van der Waals surface area contributed by atoms with Crippen molar-refractivity contribution in [2.24, 2.45) is 5.73 Å². The summed E-state index contributed by atoms with van der Waals surface area (Å²) in [5.41, 5.74) is 8.72. The normalized spacial score (nSPS) is 12.5. The van der Waals surface area contributed by atoms with Gasteiger partial charge in [0.15, 0.2) is 0 Å². The molecule has 0 aromatic heterocycles. The van der Waals surface area contributed by atoms with E-state index in [-0.39, 0.29) is 11.9 Å². The van der Waals surface area contributed by atoms with Gasteiger partial charge in [-0.05, 0) is 53.9 Å². The molecule has 0 fully saturated rings. The van der Waals surface area contributed by atoms with Gasteiger partial charge in [-0.3, -0.25) is 0 Å². The average Bonchev–Trinajstić information content (AvgIpc) is 2.31. The largest absolute Gasteiger partial charge is 0.320 e. The Bertz CT molecular complexity index is 586. The molecule has 0 aliphatic heterocycles. The highest BCUT2D eigenvalue weighted by Gasteiger charge is 2.15. The highest BCUT2D eigenvalue weighted by molar-refractivity contribution is 9.10. The van der Waals surface area contributed by atoms with Gasteiger partial charge in [0.25, 0.3) is 0 Å². The Morgan fingerprint density at radius 3 is 2.56 bits per heavy atom. The second-order valence-electron chi connectivity index (χ2n) is 4.14. The molecule has 0 aliphatic carbocycles. The summed E-state index contributed by atoms with van der Waals surface area (Å²) in [6, 6.07) is 9.75. The van der Waals surface area contributed by atoms with Gasteiger partial charge in [0, 0.05) is 9.50 Å². The summed E-state index contributed by atoms with van der Waals surface area (Å²) in [7, 11) is 0. The molecule has 0 saturated carbocycles. The number of benzene rings is 2. The van der Waals surface area contributed by atoms with E-state index >= 15 is 0 Å². The monoisotopic (exact) mass is 327 g/mol. The summed E-state index contributed by atoms with van der Waals surface area (Å²) in [6.07, 6.45) is 0. The summed E-state index contributed by atoms with van der Waals surface area (Å²) < 4.78 is 14.0. The summed E-state index contributed by atoms with van der Waals surface area (Å²) in [6.45, 7) is 1.84. The number of halogens is 3. The highest BCUT2D eigenvalue weighted by Crippen LogP contribution is 2.30. The fraction of sp³-hybridized carbons (Fsp3) is 0.143. The first-order chi connectivity index (χ1) is 8.49. The van der Waals surface area contributed by atoms with E-state index in [1.54, 1.807) is 12.1 Å². The molecule has 2 aromatic rings. The lowest BCUT2D eigenvalue weighted by molar-refractivity contribution is 0.624. The van der Waals surface area contributed by atoms with Crippen LogP contribution in [0.5, 0.6) is 0 Å². The van der Waals surface area contributed by atoms with E-state index in [2.05, 4.69) is 15.9 Å². The Kier molecular flexibility index (Phi) is 4.05. The molecule has 0 heterocycles. The summed E-state index contributed by atoms with van der Waals surface area (Å²) in [4.78, 5) is 0. The Hall–Kier alpha value is -0.900. The van der Waals surface area contributed by atoms with E-state index in [1.165, 1.54) is 12.1 Å². The van der Waals surface area contributed by atoms with Crippen molar-refractivity contribution >= 4 is 27.5 Å². The lowest BCUT2D eigenvalue weighted by Gasteiger charge is -2.17. The van der Waals surface area contributed by atoms with Gasteiger partial charge in [-0.25, -0.2) is 4.39 Å². The van der Waals surface area contributed by atoms with Crippen LogP contribution >= 0.6 is 27.5 Å². The van der Waals surface area contributed by atoms with Crippen molar-refractivity contribution in [2.75, 3.05) is 0 Å². The fourth-order valence-electron chi connectivity index (χ4n) is 1.91. The first-order valence-electron chi connectivity index (χ1n) is 5.45. The minimum Gasteiger partial charge on any atom is -0.320 e. The zero-order valence-corrected chi connectivity index (χ0v) is 12.1. The summed E-state index contributed by atoms with van der Waals surface area (Å²) >= 11 is 9.54. The molecule has 4 heteroatoms. The minimum atomic E-state index is -0.365. The van der Waals surface area contributed by atoms with Crippen molar-refractivity contribution in [1.82, 2.24) is 0 Å². The number of rotatable bonds is 2. The molecule has 1 atom stereocenters. The van der Waals surface area contributed by atoms with Crippen LogP contribution in [0.3, 0.4) is 0 Å². The lowest BCUT2D eigenvalue weighted by atomic mass is 9.96. The molecule has 94 valence electrons. The zero-order valence-electron chi connectivity index (χ0n) is 9.75. The first-order valence-corrected chi connectivity index (χ1v) is 6.62. The van der Waals surface area contributed by atoms with Crippen LogP contribution in [0.15, 0.2) is 40.9 Å². The Labute approximate surface area is 119 Å². The van der Waals surface area contributed by atoms with Crippen LogP contribution in [0.1, 0.15) is 22.7 Å². The fourth-order valence-corrected chi connectivity index (χ4v) is 2.52. The molecule has 2 rings (SSSR count). The quantitative estimate of drug-likeness (QED) is 0.856. The zero-order chi connectivity index (χ0) is 13.3. The SMILES string of the molecule is Cc1cc(F)ccc1C(N)c1cc(Br)ccc1Cl. The van der Waals surface area contributed by atoms with Gasteiger partial charge >= 0.3 is 0 Å². The van der Waals surface area contributed by atoms with Crippen molar-refractivity contribution in [3.8, 4) is 0 Å². The number of hydrogen-bond donors (Lipinski definition) is 1. The maximum absolute atomic E-state index is 13.1. The number of hydrogen-bond acceptors (Lipinski definition) is 1. The van der Waals surface area contributed by atoms with Gasteiger partial charge in [0.05, 0.1) is 6.04 Å². The molecule has 1 unspecified atom stereocenters. The topological polar surface area (TPSA) is 26.0 Å². The maximum atomic E-state index is 13.1. The molecular weight excluding hydrogens is 317 g/mol. The highest BCUT2D eigenvalue weighted by atomic mass is 79.9. The van der Waals surface area contributed by atoms with Crippen LogP contribution in [-0.2, 0) is 0 Å². The summed E-state index contributed by atoms with van der Waals surface area (Å²) in [5.74, 6) is -0.260. The third-order valence-electron chi connectivity index (χ3n) is 2.86. The van der Waals surface area contributed by atoms with Gasteiger partial charge in [0.2, 0.25) is 0 Å². The van der Waals surface area contributed by atoms with Crippen molar-refractivity contribution in [3.05, 3.63) is 68.4 Å². The second kappa shape index (κ2) is 5.39. The molecule has 0 bridgehead atoms. The van der Waals surface area contributed by atoms with E-state index in [4.69, 9.17) is 17.3 Å². The van der Waals surface area contributed by atoms with E-state index in [0.29, 0.717) is 5.02 Å². The molecular formula is C14H12BrClFN. The van der Waals surface area contributed by atoms with Crippen LogP contribution in [0.25, 0.3) is 0 Å². The van der Waals surface area contributed by atoms with Crippen LogP contribution < -0.4 is 5.73 Å². The maximum Gasteiger partial charge on any atom is 0.123 e. The van der Waals surface area contributed by atoms with Gasteiger partial charge in [0.1, 0.15) is 5.82 Å². The predicted molar refractivity (Wildman–Crippen MR) is 76.3 cm³/mol. The van der Waals surface area contributed by atoms with Crippen LogP contribution in [0, 0.1) is 12.7 Å². The van der Waals surface area contributed by atoms with Crippen molar-refractivity contribution < 1.29 is 4.39 Å². The average molecular weight is 329 g/mol. The standard InChI is InChI=1S/C14H12BrClFN/c1-8-6-10(17)3-4-11(8)14(18)12-7-9(15)2-5-13(12)16/h2-7,14H,18H2,1H3. The van der Waals surface area contributed by atoms with Crippen molar-refractivity contribution in [2.45, 2.75) is 13.0 Å². The lowest BCUT2D eigenvalue weighted by Crippen LogP contribution is -2.14. The molecule has 18 heavy (non-hydrogen) atoms. The number of aryl methyl sites for hydroxylation is 1. The molecule has 0 spiro atoms. The Balaban J connectivity index is 2.47. The molecule has 0 radical (unpaired) electrons. The molecule has 0 saturated heterocycles. The van der Waals surface area contributed by atoms with Crippen LogP contribution in [0.2, 0.25) is 5.02 Å². The smallest absolute Gasteiger partial charge is 0.123 e. The van der Waals surface area contributed by atoms with Gasteiger partial charge < -0.3 is 5.73 Å². The molecule has 2 N–H and O–H groups in total.